The Kier molecular flexibility index (Phi) is 4.03. The normalized spacial score (nSPS) is 29.5. The lowest BCUT2D eigenvalue weighted by Gasteiger charge is -2.37. The molecule has 2 saturated heterocycles. The van der Waals surface area contributed by atoms with Crippen LogP contribution in [0.25, 0.3) is 0 Å². The fourth-order valence-corrected chi connectivity index (χ4v) is 2.49. The Morgan fingerprint density at radius 2 is 2.07 bits per heavy atom. The lowest BCUT2D eigenvalue weighted by Crippen LogP contribution is -2.47. The van der Waals surface area contributed by atoms with Crippen molar-refractivity contribution in [1.29, 1.82) is 0 Å². The summed E-state index contributed by atoms with van der Waals surface area (Å²) in [7, 11) is 0. The van der Waals surface area contributed by atoms with E-state index in [1.165, 1.54) is 12.8 Å². The van der Waals surface area contributed by atoms with E-state index in [-0.39, 0.29) is 6.29 Å². The third-order valence-corrected chi connectivity index (χ3v) is 3.12. The summed E-state index contributed by atoms with van der Waals surface area (Å²) in [6.07, 6.45) is 3.56. The van der Waals surface area contributed by atoms with Crippen LogP contribution in [0.3, 0.4) is 0 Å². The van der Waals surface area contributed by atoms with Gasteiger partial charge in [0.2, 0.25) is 0 Å². The van der Waals surface area contributed by atoms with Gasteiger partial charge in [0.05, 0.1) is 19.3 Å². The Morgan fingerprint density at radius 1 is 1.33 bits per heavy atom. The van der Waals surface area contributed by atoms with Crippen molar-refractivity contribution in [3.05, 3.63) is 11.6 Å². The molecule has 0 aromatic heterocycles. The molecule has 0 saturated carbocycles. The highest BCUT2D eigenvalue weighted by Gasteiger charge is 2.33. The minimum atomic E-state index is -0.0543. The molecule has 0 bridgehead atoms. The number of nitrogens with zero attached hydrogens (tertiary/aromatic N) is 1. The first kappa shape index (κ1) is 11.4. The fraction of sp³-hybridized carbons (Fsp3) is 0.818. The molecule has 0 radical (unpaired) electrons. The van der Waals surface area contributed by atoms with Crippen LogP contribution < -0.4 is 0 Å². The van der Waals surface area contributed by atoms with Crippen molar-refractivity contribution in [3.8, 4) is 0 Å². The summed E-state index contributed by atoms with van der Waals surface area (Å²) in [6.45, 7) is 7.01. The first-order valence-corrected chi connectivity index (χ1v) is 5.96. The standard InChI is InChI=1S/C11H18ClNO2/c1-9(12)8-13-5-3-2-4-10(13)11-14-6-7-15-11/h10-11H,1-8H2/t10-/m1/s1. The number of hydrogen-bond acceptors (Lipinski definition) is 3. The van der Waals surface area contributed by atoms with Gasteiger partial charge in [0.1, 0.15) is 0 Å². The summed E-state index contributed by atoms with van der Waals surface area (Å²) < 4.78 is 11.1. The van der Waals surface area contributed by atoms with Crippen molar-refractivity contribution < 1.29 is 9.47 Å². The zero-order valence-electron chi connectivity index (χ0n) is 8.95. The second kappa shape index (κ2) is 5.30. The van der Waals surface area contributed by atoms with Crippen LogP contribution in [0.1, 0.15) is 19.3 Å². The summed E-state index contributed by atoms with van der Waals surface area (Å²) in [6, 6.07) is 0.358. The summed E-state index contributed by atoms with van der Waals surface area (Å²) in [5.74, 6) is 0. The number of piperidine rings is 1. The van der Waals surface area contributed by atoms with Gasteiger partial charge >= 0.3 is 0 Å². The van der Waals surface area contributed by atoms with Crippen LogP contribution in [0.15, 0.2) is 11.6 Å². The molecule has 0 aromatic rings. The van der Waals surface area contributed by atoms with Gasteiger partial charge in [0.15, 0.2) is 6.29 Å². The second-order valence-corrected chi connectivity index (χ2v) is 4.70. The van der Waals surface area contributed by atoms with Crippen LogP contribution >= 0.6 is 11.6 Å². The summed E-state index contributed by atoms with van der Waals surface area (Å²) in [5, 5.41) is 0.694. The van der Waals surface area contributed by atoms with E-state index >= 15 is 0 Å². The van der Waals surface area contributed by atoms with Gasteiger partial charge < -0.3 is 9.47 Å². The SMILES string of the molecule is C=C(Cl)CN1CCCC[C@@H]1C1OCCO1. The number of rotatable bonds is 3. The molecule has 2 rings (SSSR count). The zero-order valence-corrected chi connectivity index (χ0v) is 9.71. The van der Waals surface area contributed by atoms with E-state index in [9.17, 15) is 0 Å². The monoisotopic (exact) mass is 231 g/mol. The lowest BCUT2D eigenvalue weighted by molar-refractivity contribution is -0.107. The third-order valence-electron chi connectivity index (χ3n) is 3.00. The molecule has 0 aromatic carbocycles. The maximum Gasteiger partial charge on any atom is 0.173 e. The van der Waals surface area contributed by atoms with Crippen LogP contribution in [0.2, 0.25) is 0 Å². The van der Waals surface area contributed by atoms with E-state index in [0.29, 0.717) is 11.1 Å². The maximum absolute atomic E-state index is 5.87. The molecular weight excluding hydrogens is 214 g/mol. The number of halogens is 1. The Hall–Kier alpha value is -0.0900. The average molecular weight is 232 g/mol. The molecule has 0 aliphatic carbocycles. The zero-order chi connectivity index (χ0) is 10.7. The van der Waals surface area contributed by atoms with Gasteiger partial charge in [-0.3, -0.25) is 4.90 Å². The largest absolute Gasteiger partial charge is 0.349 e. The summed E-state index contributed by atoms with van der Waals surface area (Å²) in [5.41, 5.74) is 0. The molecule has 0 unspecified atom stereocenters. The van der Waals surface area contributed by atoms with Crippen molar-refractivity contribution in [1.82, 2.24) is 4.90 Å². The quantitative estimate of drug-likeness (QED) is 0.741. The van der Waals surface area contributed by atoms with E-state index in [2.05, 4.69) is 11.5 Å². The van der Waals surface area contributed by atoms with Gasteiger partial charge in [0.25, 0.3) is 0 Å². The van der Waals surface area contributed by atoms with Crippen LogP contribution in [0, 0.1) is 0 Å². The van der Waals surface area contributed by atoms with Crippen molar-refractivity contribution in [2.45, 2.75) is 31.6 Å². The van der Waals surface area contributed by atoms with Crippen molar-refractivity contribution >= 4 is 11.6 Å². The molecule has 2 aliphatic rings. The summed E-state index contributed by atoms with van der Waals surface area (Å²) in [4.78, 5) is 2.33. The predicted octanol–water partition coefficient (Wildman–Crippen LogP) is 1.97. The highest BCUT2D eigenvalue weighted by atomic mass is 35.5. The third kappa shape index (κ3) is 2.94. The Morgan fingerprint density at radius 3 is 2.73 bits per heavy atom. The molecule has 2 aliphatic heterocycles. The van der Waals surface area contributed by atoms with Gasteiger partial charge in [-0.25, -0.2) is 0 Å². The Labute approximate surface area is 96.0 Å². The average Bonchev–Trinajstić information content (AvgIpc) is 2.70. The van der Waals surface area contributed by atoms with E-state index in [1.807, 2.05) is 0 Å². The minimum absolute atomic E-state index is 0.0543. The van der Waals surface area contributed by atoms with Crippen molar-refractivity contribution in [3.63, 3.8) is 0 Å². The predicted molar refractivity (Wildman–Crippen MR) is 59.9 cm³/mol. The first-order chi connectivity index (χ1) is 7.27. The molecule has 86 valence electrons. The molecular formula is C11H18ClNO2. The van der Waals surface area contributed by atoms with Crippen LogP contribution in [-0.2, 0) is 9.47 Å². The van der Waals surface area contributed by atoms with Crippen LogP contribution in [0.4, 0.5) is 0 Å². The van der Waals surface area contributed by atoms with Crippen molar-refractivity contribution in [2.75, 3.05) is 26.3 Å². The summed E-state index contributed by atoms with van der Waals surface area (Å²) >= 11 is 5.87. The van der Waals surface area contributed by atoms with Gasteiger partial charge in [0, 0.05) is 11.6 Å². The number of ether oxygens (including phenoxy) is 2. The van der Waals surface area contributed by atoms with Crippen LogP contribution in [-0.4, -0.2) is 43.5 Å². The molecule has 2 fully saturated rings. The molecule has 0 spiro atoms. The van der Waals surface area contributed by atoms with E-state index in [4.69, 9.17) is 21.1 Å². The highest BCUT2D eigenvalue weighted by molar-refractivity contribution is 6.29. The highest BCUT2D eigenvalue weighted by Crippen LogP contribution is 2.25. The van der Waals surface area contributed by atoms with Gasteiger partial charge in [-0.15, -0.1) is 0 Å². The smallest absolute Gasteiger partial charge is 0.173 e. The molecule has 0 amide bonds. The fourth-order valence-electron chi connectivity index (χ4n) is 2.34. The molecule has 15 heavy (non-hydrogen) atoms. The number of hydrogen-bond donors (Lipinski definition) is 0. The van der Waals surface area contributed by atoms with Gasteiger partial charge in [-0.2, -0.15) is 0 Å². The maximum atomic E-state index is 5.87. The van der Waals surface area contributed by atoms with Crippen molar-refractivity contribution in [2.24, 2.45) is 0 Å². The Balaban J connectivity index is 1.95. The molecule has 0 N–H and O–H groups in total. The van der Waals surface area contributed by atoms with E-state index < -0.39 is 0 Å². The molecule has 4 heteroatoms. The Bertz CT molecular complexity index is 229. The molecule has 1 atom stereocenters. The van der Waals surface area contributed by atoms with Crippen LogP contribution in [0.5, 0.6) is 0 Å². The molecule has 2 heterocycles. The van der Waals surface area contributed by atoms with Gasteiger partial charge in [-0.05, 0) is 19.4 Å². The lowest BCUT2D eigenvalue weighted by atomic mass is 10.0. The molecule has 3 nitrogen and oxygen atoms in total. The first-order valence-electron chi connectivity index (χ1n) is 5.58. The van der Waals surface area contributed by atoms with E-state index in [0.717, 1.165) is 32.7 Å². The topological polar surface area (TPSA) is 21.7 Å². The number of likely N-dealkylation sites (tertiary alicyclic amines) is 1. The van der Waals surface area contributed by atoms with Gasteiger partial charge in [-0.1, -0.05) is 24.6 Å². The second-order valence-electron chi connectivity index (χ2n) is 4.16. The minimum Gasteiger partial charge on any atom is -0.349 e. The van der Waals surface area contributed by atoms with E-state index in [1.54, 1.807) is 0 Å².